The number of benzene rings is 1. The van der Waals surface area contributed by atoms with Gasteiger partial charge in [-0.05, 0) is 31.9 Å². The molecule has 1 N–H and O–H groups in total. The SMILES string of the molecule is Cc1ccc(N2CC(C(=O)NC3CCSC3=O)CC2=O)c(C)c1. The summed E-state index contributed by atoms with van der Waals surface area (Å²) in [7, 11) is 0. The van der Waals surface area contributed by atoms with Gasteiger partial charge in [-0.1, -0.05) is 29.5 Å². The van der Waals surface area contributed by atoms with E-state index in [1.165, 1.54) is 11.8 Å². The Morgan fingerprint density at radius 2 is 2.09 bits per heavy atom. The van der Waals surface area contributed by atoms with E-state index >= 15 is 0 Å². The van der Waals surface area contributed by atoms with Gasteiger partial charge in [0.2, 0.25) is 16.9 Å². The van der Waals surface area contributed by atoms with Crippen LogP contribution >= 0.6 is 11.8 Å². The van der Waals surface area contributed by atoms with Crippen LogP contribution in [-0.4, -0.2) is 35.3 Å². The van der Waals surface area contributed by atoms with E-state index in [0.29, 0.717) is 13.0 Å². The summed E-state index contributed by atoms with van der Waals surface area (Å²) in [5, 5.41) is 2.82. The van der Waals surface area contributed by atoms with Crippen molar-refractivity contribution in [2.24, 2.45) is 5.92 Å². The third kappa shape index (κ3) is 3.27. The van der Waals surface area contributed by atoms with Crippen LogP contribution in [0.3, 0.4) is 0 Å². The monoisotopic (exact) mass is 332 g/mol. The summed E-state index contributed by atoms with van der Waals surface area (Å²) in [5.41, 5.74) is 3.04. The highest BCUT2D eigenvalue weighted by molar-refractivity contribution is 8.14. The Hall–Kier alpha value is -1.82. The molecule has 2 saturated heterocycles. The van der Waals surface area contributed by atoms with Gasteiger partial charge in [-0.2, -0.15) is 0 Å². The molecule has 2 aliphatic heterocycles. The van der Waals surface area contributed by atoms with Crippen molar-refractivity contribution in [1.82, 2.24) is 5.32 Å². The first kappa shape index (κ1) is 16.1. The second-order valence-electron chi connectivity index (χ2n) is 6.21. The lowest BCUT2D eigenvalue weighted by molar-refractivity contribution is -0.128. The van der Waals surface area contributed by atoms with Crippen LogP contribution in [0.2, 0.25) is 0 Å². The van der Waals surface area contributed by atoms with Gasteiger partial charge >= 0.3 is 0 Å². The molecule has 2 fully saturated rings. The first-order valence-corrected chi connectivity index (χ1v) is 8.79. The van der Waals surface area contributed by atoms with Crippen LogP contribution in [-0.2, 0) is 14.4 Å². The lowest BCUT2D eigenvalue weighted by atomic mass is 10.1. The highest BCUT2D eigenvalue weighted by Gasteiger charge is 2.37. The van der Waals surface area contributed by atoms with Gasteiger partial charge in [-0.15, -0.1) is 0 Å². The number of thioether (sulfide) groups is 1. The van der Waals surface area contributed by atoms with Crippen molar-refractivity contribution in [2.75, 3.05) is 17.2 Å². The maximum absolute atomic E-state index is 12.4. The average molecular weight is 332 g/mol. The number of aryl methyl sites for hydroxylation is 2. The van der Waals surface area contributed by atoms with Crippen LogP contribution in [0.25, 0.3) is 0 Å². The molecule has 0 saturated carbocycles. The Balaban J connectivity index is 1.69. The molecule has 2 amide bonds. The maximum atomic E-state index is 12.4. The summed E-state index contributed by atoms with van der Waals surface area (Å²) in [6.45, 7) is 4.36. The minimum Gasteiger partial charge on any atom is -0.345 e. The van der Waals surface area contributed by atoms with Gasteiger partial charge in [-0.25, -0.2) is 0 Å². The number of anilines is 1. The van der Waals surface area contributed by atoms with Crippen molar-refractivity contribution in [3.63, 3.8) is 0 Å². The van der Waals surface area contributed by atoms with Gasteiger partial charge < -0.3 is 10.2 Å². The van der Waals surface area contributed by atoms with Gasteiger partial charge in [-0.3, -0.25) is 14.4 Å². The predicted molar refractivity (Wildman–Crippen MR) is 90.4 cm³/mol. The molecule has 0 bridgehead atoms. The fourth-order valence-corrected chi connectivity index (χ4v) is 4.07. The van der Waals surface area contributed by atoms with E-state index in [9.17, 15) is 14.4 Å². The Morgan fingerprint density at radius 1 is 1.30 bits per heavy atom. The number of nitrogens with one attached hydrogen (secondary N) is 1. The third-order valence-electron chi connectivity index (χ3n) is 4.39. The van der Waals surface area contributed by atoms with Gasteiger partial charge in [0.05, 0.1) is 12.0 Å². The van der Waals surface area contributed by atoms with Crippen LogP contribution in [0.15, 0.2) is 18.2 Å². The molecular formula is C17H20N2O3S. The predicted octanol–water partition coefficient (Wildman–Crippen LogP) is 1.80. The third-order valence-corrected chi connectivity index (χ3v) is 5.40. The van der Waals surface area contributed by atoms with Crippen LogP contribution in [0.1, 0.15) is 24.0 Å². The molecule has 2 unspecified atom stereocenters. The van der Waals surface area contributed by atoms with E-state index in [4.69, 9.17) is 0 Å². The van der Waals surface area contributed by atoms with E-state index in [2.05, 4.69) is 5.32 Å². The molecule has 23 heavy (non-hydrogen) atoms. The molecular weight excluding hydrogens is 312 g/mol. The first-order chi connectivity index (χ1) is 11.0. The molecule has 0 radical (unpaired) electrons. The largest absolute Gasteiger partial charge is 0.345 e. The Kier molecular flexibility index (Phi) is 4.43. The van der Waals surface area contributed by atoms with Crippen molar-refractivity contribution in [2.45, 2.75) is 32.7 Å². The molecule has 2 aliphatic rings. The van der Waals surface area contributed by atoms with Crippen LogP contribution in [0, 0.1) is 19.8 Å². The molecule has 0 spiro atoms. The van der Waals surface area contributed by atoms with Crippen LogP contribution in [0.5, 0.6) is 0 Å². The number of hydrogen-bond donors (Lipinski definition) is 1. The second-order valence-corrected chi connectivity index (χ2v) is 7.31. The number of rotatable bonds is 3. The van der Waals surface area contributed by atoms with E-state index < -0.39 is 6.04 Å². The summed E-state index contributed by atoms with van der Waals surface area (Å²) in [5.74, 6) is 0.138. The number of carbonyl (C=O) groups excluding carboxylic acids is 3. The lowest BCUT2D eigenvalue weighted by Gasteiger charge is -2.20. The quantitative estimate of drug-likeness (QED) is 0.917. The van der Waals surface area contributed by atoms with Crippen molar-refractivity contribution >= 4 is 34.4 Å². The van der Waals surface area contributed by atoms with E-state index in [-0.39, 0.29) is 29.3 Å². The highest BCUT2D eigenvalue weighted by Crippen LogP contribution is 2.29. The van der Waals surface area contributed by atoms with Crippen molar-refractivity contribution in [3.05, 3.63) is 29.3 Å². The van der Waals surface area contributed by atoms with E-state index in [0.717, 1.165) is 22.6 Å². The zero-order valence-electron chi connectivity index (χ0n) is 13.3. The summed E-state index contributed by atoms with van der Waals surface area (Å²) in [6.07, 6.45) is 0.879. The van der Waals surface area contributed by atoms with Crippen LogP contribution in [0.4, 0.5) is 5.69 Å². The van der Waals surface area contributed by atoms with E-state index in [1.54, 1.807) is 4.90 Å². The average Bonchev–Trinajstić information content (AvgIpc) is 3.06. The molecule has 0 aromatic heterocycles. The molecule has 0 aliphatic carbocycles. The minimum absolute atomic E-state index is 0.0221. The number of hydrogen-bond acceptors (Lipinski definition) is 4. The molecule has 122 valence electrons. The Morgan fingerprint density at radius 3 is 2.74 bits per heavy atom. The van der Waals surface area contributed by atoms with Gasteiger partial charge in [0.15, 0.2) is 0 Å². The zero-order chi connectivity index (χ0) is 16.6. The van der Waals surface area contributed by atoms with Gasteiger partial charge in [0.1, 0.15) is 0 Å². The molecule has 1 aromatic rings. The van der Waals surface area contributed by atoms with Gasteiger partial charge in [0, 0.05) is 24.4 Å². The normalized spacial score (nSPS) is 24.3. The summed E-state index contributed by atoms with van der Waals surface area (Å²) in [6, 6.07) is 5.54. The van der Waals surface area contributed by atoms with Gasteiger partial charge in [0.25, 0.3) is 0 Å². The molecule has 2 heterocycles. The molecule has 6 heteroatoms. The summed E-state index contributed by atoms with van der Waals surface area (Å²) in [4.78, 5) is 38.0. The van der Waals surface area contributed by atoms with Crippen molar-refractivity contribution in [3.8, 4) is 0 Å². The lowest BCUT2D eigenvalue weighted by Crippen LogP contribution is -2.41. The second kappa shape index (κ2) is 6.35. The van der Waals surface area contributed by atoms with E-state index in [1.807, 2.05) is 32.0 Å². The molecule has 5 nitrogen and oxygen atoms in total. The Labute approximate surface area is 139 Å². The number of carbonyl (C=O) groups is 3. The van der Waals surface area contributed by atoms with Crippen LogP contribution < -0.4 is 10.2 Å². The van der Waals surface area contributed by atoms with Crippen molar-refractivity contribution in [1.29, 1.82) is 0 Å². The fraction of sp³-hybridized carbons (Fsp3) is 0.471. The molecule has 3 rings (SSSR count). The standard InChI is InChI=1S/C17H20N2O3S/c1-10-3-4-14(11(2)7-10)19-9-12(8-15(19)20)16(21)18-13-5-6-23-17(13)22/h3-4,7,12-13H,5-6,8-9H2,1-2H3,(H,18,21). The highest BCUT2D eigenvalue weighted by atomic mass is 32.2. The number of nitrogens with zero attached hydrogens (tertiary/aromatic N) is 1. The molecule has 2 atom stereocenters. The summed E-state index contributed by atoms with van der Waals surface area (Å²) < 4.78 is 0. The van der Waals surface area contributed by atoms with Crippen molar-refractivity contribution < 1.29 is 14.4 Å². The zero-order valence-corrected chi connectivity index (χ0v) is 14.1. The topological polar surface area (TPSA) is 66.5 Å². The number of amides is 2. The summed E-state index contributed by atoms with van der Waals surface area (Å²) >= 11 is 1.26. The smallest absolute Gasteiger partial charge is 0.227 e. The maximum Gasteiger partial charge on any atom is 0.227 e. The Bertz CT molecular complexity index is 674. The minimum atomic E-state index is -0.391. The first-order valence-electron chi connectivity index (χ1n) is 7.80. The molecule has 1 aromatic carbocycles. The fourth-order valence-electron chi connectivity index (χ4n) is 3.14.